The van der Waals surface area contributed by atoms with E-state index < -0.39 is 0 Å². The van der Waals surface area contributed by atoms with Gasteiger partial charge in [0.05, 0.1) is 5.92 Å². The average molecular weight is 328 g/mol. The van der Waals surface area contributed by atoms with Gasteiger partial charge in [0, 0.05) is 11.1 Å². The maximum Gasteiger partial charge on any atom is 0.313 e. The summed E-state index contributed by atoms with van der Waals surface area (Å²) < 4.78 is 5.49. The van der Waals surface area contributed by atoms with E-state index in [2.05, 4.69) is 26.8 Å². The zero-order chi connectivity index (χ0) is 17.7. The Bertz CT molecular complexity index is 689. The highest BCUT2D eigenvalue weighted by molar-refractivity contribution is 5.86. The van der Waals surface area contributed by atoms with Crippen molar-refractivity contribution in [2.75, 3.05) is 0 Å². The minimum Gasteiger partial charge on any atom is -0.457 e. The van der Waals surface area contributed by atoms with E-state index in [4.69, 9.17) is 4.74 Å². The zero-order valence-electron chi connectivity index (χ0n) is 15.4. The molecule has 3 atom stereocenters. The number of cyclic esters (lactones) is 1. The Hall–Kier alpha value is -1.64. The number of hydrogen-bond donors (Lipinski definition) is 0. The quantitative estimate of drug-likeness (QED) is 0.562. The maximum absolute atomic E-state index is 12.3. The second-order valence-electron chi connectivity index (χ2n) is 8.70. The molecule has 0 amide bonds. The fraction of sp³-hybridized carbons (Fsp3) is 0.619. The van der Waals surface area contributed by atoms with Gasteiger partial charge >= 0.3 is 5.97 Å². The maximum atomic E-state index is 12.3. The first-order chi connectivity index (χ1) is 11.2. The fourth-order valence-corrected chi connectivity index (χ4v) is 5.08. The van der Waals surface area contributed by atoms with Gasteiger partial charge in [0.25, 0.3) is 0 Å². The van der Waals surface area contributed by atoms with Crippen molar-refractivity contribution in [1.82, 2.24) is 0 Å². The first kappa shape index (κ1) is 17.2. The molecule has 3 nitrogen and oxygen atoms in total. The zero-order valence-corrected chi connectivity index (χ0v) is 15.4. The fourth-order valence-electron chi connectivity index (χ4n) is 5.08. The second kappa shape index (κ2) is 5.72. The van der Waals surface area contributed by atoms with E-state index in [1.807, 2.05) is 19.9 Å². The van der Waals surface area contributed by atoms with Crippen LogP contribution >= 0.6 is 0 Å². The van der Waals surface area contributed by atoms with E-state index in [1.54, 1.807) is 0 Å². The molecule has 3 heteroatoms. The molecule has 0 unspecified atom stereocenters. The monoisotopic (exact) mass is 328 g/mol. The lowest BCUT2D eigenvalue weighted by atomic mass is 9.60. The number of esters is 1. The van der Waals surface area contributed by atoms with Crippen LogP contribution in [0.4, 0.5) is 0 Å². The third-order valence-corrected chi connectivity index (χ3v) is 6.03. The van der Waals surface area contributed by atoms with Gasteiger partial charge in [-0.1, -0.05) is 39.3 Å². The third kappa shape index (κ3) is 2.68. The van der Waals surface area contributed by atoms with Gasteiger partial charge in [0.2, 0.25) is 0 Å². The second-order valence-corrected chi connectivity index (χ2v) is 8.70. The molecule has 0 aromatic heterocycles. The van der Waals surface area contributed by atoms with Crippen LogP contribution in [-0.4, -0.2) is 12.3 Å². The molecule has 0 bridgehead atoms. The molecule has 1 fully saturated rings. The van der Waals surface area contributed by atoms with Crippen LogP contribution in [0.3, 0.4) is 0 Å². The molecular formula is C21H28O3. The number of carbonyl (C=O) groups excluding carboxylic acids is 2. The predicted octanol–water partition coefficient (Wildman–Crippen LogP) is 5.08. The summed E-state index contributed by atoms with van der Waals surface area (Å²) in [4.78, 5) is 23.9. The summed E-state index contributed by atoms with van der Waals surface area (Å²) >= 11 is 0. The average Bonchev–Trinajstić information content (AvgIpc) is 2.50. The summed E-state index contributed by atoms with van der Waals surface area (Å²) in [7, 11) is 0. The highest BCUT2D eigenvalue weighted by Gasteiger charge is 2.43. The molecule has 0 saturated heterocycles. The molecule has 0 N–H and O–H groups in total. The molecule has 1 heterocycles. The van der Waals surface area contributed by atoms with Gasteiger partial charge in [0.1, 0.15) is 12.4 Å². The lowest BCUT2D eigenvalue weighted by Gasteiger charge is -2.45. The number of ether oxygens (including phenoxy) is 1. The molecule has 0 spiro atoms. The Labute approximate surface area is 144 Å². The smallest absolute Gasteiger partial charge is 0.313 e. The topological polar surface area (TPSA) is 43.4 Å². The highest BCUT2D eigenvalue weighted by Crippen LogP contribution is 2.51. The van der Waals surface area contributed by atoms with E-state index in [0.717, 1.165) is 30.3 Å². The number of aldehydes is 1. The van der Waals surface area contributed by atoms with Crippen LogP contribution in [0, 0.1) is 5.41 Å². The molecule has 1 aromatic carbocycles. The Morgan fingerprint density at radius 1 is 1.12 bits per heavy atom. The van der Waals surface area contributed by atoms with Gasteiger partial charge in [-0.25, -0.2) is 0 Å². The van der Waals surface area contributed by atoms with Crippen molar-refractivity contribution in [3.63, 3.8) is 0 Å². The first-order valence-electron chi connectivity index (χ1n) is 9.01. The Morgan fingerprint density at radius 3 is 2.46 bits per heavy atom. The molecule has 1 aliphatic heterocycles. The number of fused-ring (bicyclic) bond motifs is 1. The predicted molar refractivity (Wildman–Crippen MR) is 94.4 cm³/mol. The van der Waals surface area contributed by atoms with Crippen molar-refractivity contribution < 1.29 is 14.3 Å². The van der Waals surface area contributed by atoms with Gasteiger partial charge in [-0.05, 0) is 55.1 Å². The van der Waals surface area contributed by atoms with E-state index in [-0.39, 0.29) is 23.4 Å². The molecule has 1 aliphatic carbocycles. The van der Waals surface area contributed by atoms with Gasteiger partial charge < -0.3 is 4.74 Å². The number of rotatable bonds is 2. The van der Waals surface area contributed by atoms with Gasteiger partial charge in [-0.3, -0.25) is 9.59 Å². The number of carbonyl (C=O) groups is 2. The minimum atomic E-state index is -0.357. The molecule has 3 rings (SSSR count). The Balaban J connectivity index is 2.21. The van der Waals surface area contributed by atoms with Crippen LogP contribution in [0.1, 0.15) is 99.4 Å². The highest BCUT2D eigenvalue weighted by atomic mass is 16.5. The van der Waals surface area contributed by atoms with Crippen molar-refractivity contribution in [2.45, 2.75) is 77.7 Å². The van der Waals surface area contributed by atoms with Crippen molar-refractivity contribution in [3.8, 4) is 0 Å². The summed E-state index contributed by atoms with van der Waals surface area (Å²) in [5, 5.41) is 0. The molecule has 0 radical (unpaired) electrons. The normalized spacial score (nSPS) is 32.0. The van der Waals surface area contributed by atoms with Crippen LogP contribution in [-0.2, 0) is 14.9 Å². The molecular weight excluding hydrogens is 300 g/mol. The lowest BCUT2D eigenvalue weighted by Crippen LogP contribution is -2.37. The van der Waals surface area contributed by atoms with Gasteiger partial charge in [0.15, 0.2) is 0 Å². The van der Waals surface area contributed by atoms with Crippen molar-refractivity contribution in [3.05, 3.63) is 34.4 Å². The summed E-state index contributed by atoms with van der Waals surface area (Å²) in [6, 6.07) is 4.00. The first-order valence-corrected chi connectivity index (χ1v) is 9.01. The van der Waals surface area contributed by atoms with E-state index in [9.17, 15) is 9.59 Å². The lowest BCUT2D eigenvalue weighted by molar-refractivity contribution is -0.152. The summed E-state index contributed by atoms with van der Waals surface area (Å²) in [6.07, 6.45) is 5.19. The van der Waals surface area contributed by atoms with Gasteiger partial charge in [-0.2, -0.15) is 0 Å². The largest absolute Gasteiger partial charge is 0.457 e. The molecule has 130 valence electrons. The standard InChI is InChI=1S/C21H28O3/c1-13-17-16(21(5)10-6-9-20(3,4)12-21)8-7-15(11-22)18(17)14(2)24-19(13)23/h7-8,11,13-14H,6,9-10,12H2,1-5H3/t13-,14-,21+/m1/s1. The van der Waals surface area contributed by atoms with E-state index >= 15 is 0 Å². The van der Waals surface area contributed by atoms with E-state index in [0.29, 0.717) is 11.0 Å². The van der Waals surface area contributed by atoms with Crippen molar-refractivity contribution >= 4 is 12.3 Å². The summed E-state index contributed by atoms with van der Waals surface area (Å²) in [5.41, 5.74) is 4.19. The van der Waals surface area contributed by atoms with Crippen LogP contribution in [0.2, 0.25) is 0 Å². The van der Waals surface area contributed by atoms with Crippen LogP contribution in [0.15, 0.2) is 12.1 Å². The Morgan fingerprint density at radius 2 is 1.83 bits per heavy atom. The SMILES string of the molecule is C[C@H]1OC(=O)[C@H](C)c2c([C@@]3(C)CCCC(C)(C)C3)ccc(C=O)c21. The molecule has 1 aromatic rings. The third-order valence-electron chi connectivity index (χ3n) is 6.03. The van der Waals surface area contributed by atoms with Crippen LogP contribution < -0.4 is 0 Å². The minimum absolute atomic E-state index is 0.0405. The molecule has 1 saturated carbocycles. The van der Waals surface area contributed by atoms with Crippen molar-refractivity contribution in [2.24, 2.45) is 5.41 Å². The molecule has 2 aliphatic rings. The summed E-state index contributed by atoms with van der Waals surface area (Å²) in [6.45, 7) is 10.8. The molecule has 24 heavy (non-hydrogen) atoms. The number of hydrogen-bond acceptors (Lipinski definition) is 3. The summed E-state index contributed by atoms with van der Waals surface area (Å²) in [5.74, 6) is -0.495. The number of benzene rings is 1. The van der Waals surface area contributed by atoms with Crippen LogP contribution in [0.5, 0.6) is 0 Å². The Kier molecular flexibility index (Phi) is 4.09. The van der Waals surface area contributed by atoms with Crippen molar-refractivity contribution in [1.29, 1.82) is 0 Å². The van der Waals surface area contributed by atoms with Crippen LogP contribution in [0.25, 0.3) is 0 Å². The van der Waals surface area contributed by atoms with Gasteiger partial charge in [-0.15, -0.1) is 0 Å². The van der Waals surface area contributed by atoms with E-state index in [1.165, 1.54) is 18.4 Å².